The van der Waals surface area contributed by atoms with Crippen LogP contribution in [0.3, 0.4) is 0 Å². The van der Waals surface area contributed by atoms with Crippen LogP contribution in [0.25, 0.3) is 0 Å². The molecule has 0 saturated carbocycles. The molecule has 0 heterocycles. The Morgan fingerprint density at radius 1 is 0.400 bits per heavy atom. The van der Waals surface area contributed by atoms with Crippen LogP contribution in [-0.4, -0.2) is 0 Å². The van der Waals surface area contributed by atoms with Crippen molar-refractivity contribution in [2.45, 2.75) is 112 Å². The number of hydrogen-bond acceptors (Lipinski definition) is 2. The normalized spacial score (nSPS) is 12.6. The molecule has 0 saturated heterocycles. The van der Waals surface area contributed by atoms with Crippen LogP contribution in [-0.2, 0) is 21.7 Å². The van der Waals surface area contributed by atoms with Crippen molar-refractivity contribution in [3.05, 3.63) is 142 Å². The molecule has 2 nitrogen and oxygen atoms in total. The zero-order valence-corrected chi connectivity index (χ0v) is 33.4. The van der Waals surface area contributed by atoms with Crippen molar-refractivity contribution in [1.82, 2.24) is 0 Å². The minimum absolute atomic E-state index is 0.0123. The van der Waals surface area contributed by atoms with Gasteiger partial charge in [-0.15, -0.1) is 0 Å². The van der Waals surface area contributed by atoms with Crippen LogP contribution in [0.1, 0.15) is 111 Å². The van der Waals surface area contributed by atoms with Gasteiger partial charge in [0.25, 0.3) is 0 Å². The molecule has 0 unspecified atom stereocenters. The molecule has 5 aromatic rings. The molecule has 0 spiro atoms. The van der Waals surface area contributed by atoms with Crippen LogP contribution in [0.2, 0.25) is 5.02 Å². The standard InChI is InChI=1S/C47H57ClN2/c1-32-29-41(49(36-23-19-33(20-24-36)44(2,3)4)37-25-21-34(22-26-37)45(5,6)7)43(48)42(30-32)50(35-17-15-14-16-18-35)38-27-28-39(46(8,9)10)40(31-38)47(11,12)13/h14-31H,1-13H3. The van der Waals surface area contributed by atoms with Gasteiger partial charge in [0.05, 0.1) is 16.4 Å². The molecule has 5 aromatic carbocycles. The van der Waals surface area contributed by atoms with Gasteiger partial charge in [-0.05, 0) is 117 Å². The van der Waals surface area contributed by atoms with E-state index in [1.807, 2.05) is 0 Å². The summed E-state index contributed by atoms with van der Waals surface area (Å²) in [6, 6.07) is 39.9. The molecule has 0 radical (unpaired) electrons. The van der Waals surface area contributed by atoms with E-state index in [-0.39, 0.29) is 21.7 Å². The summed E-state index contributed by atoms with van der Waals surface area (Å²) in [4.78, 5) is 4.63. The molecule has 0 N–H and O–H groups in total. The van der Waals surface area contributed by atoms with Crippen molar-refractivity contribution in [2.75, 3.05) is 9.80 Å². The van der Waals surface area contributed by atoms with Crippen LogP contribution in [0.15, 0.2) is 109 Å². The first-order chi connectivity index (χ1) is 23.2. The molecule has 50 heavy (non-hydrogen) atoms. The van der Waals surface area contributed by atoms with Crippen molar-refractivity contribution < 1.29 is 0 Å². The second-order valence-electron chi connectivity index (χ2n) is 17.9. The molecule has 5 rings (SSSR count). The van der Waals surface area contributed by atoms with Crippen molar-refractivity contribution in [3.63, 3.8) is 0 Å². The molecule has 0 aliphatic carbocycles. The van der Waals surface area contributed by atoms with Crippen molar-refractivity contribution >= 4 is 45.7 Å². The van der Waals surface area contributed by atoms with Gasteiger partial charge in [-0.1, -0.05) is 143 Å². The predicted molar refractivity (Wildman–Crippen MR) is 220 cm³/mol. The molecule has 262 valence electrons. The zero-order valence-electron chi connectivity index (χ0n) is 32.7. The van der Waals surface area contributed by atoms with Gasteiger partial charge in [-0.25, -0.2) is 0 Å². The largest absolute Gasteiger partial charge is 0.309 e. The number of aryl methyl sites for hydroxylation is 1. The van der Waals surface area contributed by atoms with Gasteiger partial charge in [0, 0.05) is 22.7 Å². The van der Waals surface area contributed by atoms with Crippen molar-refractivity contribution in [3.8, 4) is 0 Å². The van der Waals surface area contributed by atoms with E-state index in [0.717, 1.165) is 39.7 Å². The van der Waals surface area contributed by atoms with Gasteiger partial charge in [-0.2, -0.15) is 0 Å². The van der Waals surface area contributed by atoms with Crippen LogP contribution in [0.5, 0.6) is 0 Å². The lowest BCUT2D eigenvalue weighted by Gasteiger charge is -2.34. The van der Waals surface area contributed by atoms with E-state index in [1.54, 1.807) is 0 Å². The number of para-hydroxylation sites is 1. The molecular weight excluding hydrogens is 628 g/mol. The Bertz CT molecular complexity index is 1870. The van der Waals surface area contributed by atoms with Gasteiger partial charge in [0.1, 0.15) is 0 Å². The SMILES string of the molecule is Cc1cc(N(c2ccc(C(C)(C)C)cc2)c2ccc(C(C)(C)C)cc2)c(Cl)c(N(c2ccccc2)c2ccc(C(C)(C)C)c(C(C)(C)C)c2)c1. The smallest absolute Gasteiger partial charge is 0.0887 e. The fraction of sp³-hybridized carbons (Fsp3) is 0.362. The second-order valence-corrected chi connectivity index (χ2v) is 18.3. The average molecular weight is 685 g/mol. The van der Waals surface area contributed by atoms with E-state index in [4.69, 9.17) is 11.6 Å². The van der Waals surface area contributed by atoms with E-state index in [9.17, 15) is 0 Å². The maximum atomic E-state index is 7.73. The number of nitrogens with zero attached hydrogens (tertiary/aromatic N) is 2. The van der Waals surface area contributed by atoms with Gasteiger partial charge >= 0.3 is 0 Å². The number of benzene rings is 5. The Labute approximate surface area is 308 Å². The summed E-state index contributed by atoms with van der Waals surface area (Å²) in [5.74, 6) is 0. The fourth-order valence-electron chi connectivity index (χ4n) is 6.65. The molecule has 0 fully saturated rings. The van der Waals surface area contributed by atoms with E-state index in [2.05, 4.69) is 209 Å². The minimum atomic E-state index is -0.0439. The molecule has 0 aliphatic rings. The third-order valence-corrected chi connectivity index (χ3v) is 9.92. The molecule has 0 aliphatic heterocycles. The quantitative estimate of drug-likeness (QED) is 0.176. The highest BCUT2D eigenvalue weighted by Gasteiger charge is 2.29. The Morgan fingerprint density at radius 2 is 0.780 bits per heavy atom. The topological polar surface area (TPSA) is 6.48 Å². The number of hydrogen-bond donors (Lipinski definition) is 0. The maximum Gasteiger partial charge on any atom is 0.0887 e. The van der Waals surface area contributed by atoms with Crippen LogP contribution < -0.4 is 9.80 Å². The summed E-state index contributed by atoms with van der Waals surface area (Å²) in [6.45, 7) is 29.5. The summed E-state index contributed by atoms with van der Waals surface area (Å²) in [5, 5.41) is 0.691. The highest BCUT2D eigenvalue weighted by atomic mass is 35.5. The Hall–Kier alpha value is -4.01. The molecule has 3 heteroatoms. The molecule has 0 aromatic heterocycles. The first-order valence-corrected chi connectivity index (χ1v) is 18.4. The first-order valence-electron chi connectivity index (χ1n) is 18.0. The number of halogens is 1. The average Bonchev–Trinajstić information content (AvgIpc) is 3.02. The van der Waals surface area contributed by atoms with Crippen molar-refractivity contribution in [1.29, 1.82) is 0 Å². The lowest BCUT2D eigenvalue weighted by Crippen LogP contribution is -2.23. The lowest BCUT2D eigenvalue weighted by atomic mass is 9.75. The van der Waals surface area contributed by atoms with E-state index in [1.165, 1.54) is 22.3 Å². The van der Waals surface area contributed by atoms with E-state index < -0.39 is 0 Å². The van der Waals surface area contributed by atoms with E-state index >= 15 is 0 Å². The minimum Gasteiger partial charge on any atom is -0.309 e. The van der Waals surface area contributed by atoms with Crippen LogP contribution >= 0.6 is 11.6 Å². The van der Waals surface area contributed by atoms with Gasteiger partial charge in [0.15, 0.2) is 0 Å². The lowest BCUT2D eigenvalue weighted by molar-refractivity contribution is 0.530. The summed E-state index contributed by atoms with van der Waals surface area (Å²) in [5.41, 5.74) is 12.7. The fourth-order valence-corrected chi connectivity index (χ4v) is 6.93. The number of anilines is 6. The Morgan fingerprint density at radius 3 is 1.18 bits per heavy atom. The van der Waals surface area contributed by atoms with Gasteiger partial charge < -0.3 is 9.80 Å². The third kappa shape index (κ3) is 7.97. The first kappa shape index (κ1) is 37.3. The summed E-state index contributed by atoms with van der Waals surface area (Å²) < 4.78 is 0. The Balaban J connectivity index is 1.78. The summed E-state index contributed by atoms with van der Waals surface area (Å²) in [6.07, 6.45) is 0. The molecule has 0 bridgehead atoms. The number of rotatable bonds is 6. The molecule has 0 atom stereocenters. The third-order valence-electron chi connectivity index (χ3n) is 9.54. The highest BCUT2D eigenvalue weighted by molar-refractivity contribution is 6.36. The summed E-state index contributed by atoms with van der Waals surface area (Å²) in [7, 11) is 0. The van der Waals surface area contributed by atoms with E-state index in [0.29, 0.717) is 5.02 Å². The molecular formula is C47H57ClN2. The predicted octanol–water partition coefficient (Wildman–Crippen LogP) is 14.8. The Kier molecular flexibility index (Phi) is 10.1. The van der Waals surface area contributed by atoms with Crippen LogP contribution in [0.4, 0.5) is 34.1 Å². The maximum absolute atomic E-state index is 7.73. The highest BCUT2D eigenvalue weighted by Crippen LogP contribution is 2.49. The monoisotopic (exact) mass is 684 g/mol. The second kappa shape index (κ2) is 13.6. The van der Waals surface area contributed by atoms with Crippen molar-refractivity contribution in [2.24, 2.45) is 0 Å². The zero-order chi connectivity index (χ0) is 36.8. The van der Waals surface area contributed by atoms with Gasteiger partial charge in [0.2, 0.25) is 0 Å². The molecule has 0 amide bonds. The van der Waals surface area contributed by atoms with Gasteiger partial charge in [-0.3, -0.25) is 0 Å². The summed E-state index contributed by atoms with van der Waals surface area (Å²) >= 11 is 7.73. The van der Waals surface area contributed by atoms with Crippen LogP contribution in [0, 0.1) is 6.92 Å².